The van der Waals surface area contributed by atoms with Gasteiger partial charge in [-0.3, -0.25) is 14.3 Å². The van der Waals surface area contributed by atoms with E-state index in [2.05, 4.69) is 10.4 Å². The van der Waals surface area contributed by atoms with Crippen LogP contribution in [-0.2, 0) is 13.7 Å². The van der Waals surface area contributed by atoms with Crippen molar-refractivity contribution >= 4 is 40.7 Å². The highest BCUT2D eigenvalue weighted by Gasteiger charge is 2.25. The van der Waals surface area contributed by atoms with Crippen LogP contribution in [0.15, 0.2) is 48.7 Å². The predicted molar refractivity (Wildman–Crippen MR) is 128 cm³/mol. The second-order valence-corrected chi connectivity index (χ2v) is 8.74. The number of nitrogens with zero attached hydrogens (tertiary/aromatic N) is 3. The number of benzene rings is 2. The maximum absolute atomic E-state index is 13.0. The first kappa shape index (κ1) is 23.1. The van der Waals surface area contributed by atoms with Crippen LogP contribution in [0.5, 0.6) is 5.75 Å². The van der Waals surface area contributed by atoms with Crippen LogP contribution in [0.1, 0.15) is 45.7 Å². The number of ether oxygens (including phenoxy) is 1. The zero-order chi connectivity index (χ0) is 23.4. The van der Waals surface area contributed by atoms with Gasteiger partial charge in [-0.25, -0.2) is 0 Å². The quantitative estimate of drug-likeness (QED) is 0.520. The number of amides is 2. The van der Waals surface area contributed by atoms with Gasteiger partial charge in [-0.2, -0.15) is 5.10 Å². The fourth-order valence-electron chi connectivity index (χ4n) is 3.78. The summed E-state index contributed by atoms with van der Waals surface area (Å²) in [4.78, 5) is 27.8. The second-order valence-electron chi connectivity index (χ2n) is 7.90. The number of aryl methyl sites for hydroxylation is 1. The predicted octanol–water partition coefficient (Wildman–Crippen LogP) is 5.18. The molecule has 1 aromatic heterocycles. The summed E-state index contributed by atoms with van der Waals surface area (Å²) < 4.78 is 7.27. The third kappa shape index (κ3) is 5.49. The van der Waals surface area contributed by atoms with E-state index in [4.69, 9.17) is 27.9 Å². The lowest BCUT2D eigenvalue weighted by atomic mass is 10.1. The Hall–Kier alpha value is -3.03. The zero-order valence-corrected chi connectivity index (χ0v) is 19.7. The highest BCUT2D eigenvalue weighted by atomic mass is 35.5. The Morgan fingerprint density at radius 3 is 2.64 bits per heavy atom. The Morgan fingerprint density at radius 2 is 1.88 bits per heavy atom. The lowest BCUT2D eigenvalue weighted by Crippen LogP contribution is -2.37. The molecule has 33 heavy (non-hydrogen) atoms. The number of anilines is 1. The number of hydrogen-bond acceptors (Lipinski definition) is 4. The summed E-state index contributed by atoms with van der Waals surface area (Å²) in [5, 5.41) is 7.97. The molecule has 1 N–H and O–H groups in total. The molecule has 7 nitrogen and oxygen atoms in total. The van der Waals surface area contributed by atoms with Crippen LogP contribution >= 0.6 is 23.2 Å². The number of halogens is 2. The molecule has 4 rings (SSSR count). The Balaban J connectivity index is 1.45. The molecular formula is C24H24Cl2N4O3. The van der Waals surface area contributed by atoms with Crippen LogP contribution in [0.2, 0.25) is 10.0 Å². The number of carbonyl (C=O) groups excluding carboxylic acids is 2. The van der Waals surface area contributed by atoms with Crippen LogP contribution in [-0.4, -0.2) is 39.6 Å². The van der Waals surface area contributed by atoms with Crippen molar-refractivity contribution in [1.29, 1.82) is 0 Å². The first-order chi connectivity index (χ1) is 15.9. The molecule has 0 unspecified atom stereocenters. The highest BCUT2D eigenvalue weighted by Crippen LogP contribution is 2.28. The van der Waals surface area contributed by atoms with E-state index in [9.17, 15) is 9.59 Å². The molecule has 0 saturated carbocycles. The highest BCUT2D eigenvalue weighted by molar-refractivity contribution is 6.35. The third-order valence-corrected chi connectivity index (χ3v) is 6.04. The lowest BCUT2D eigenvalue weighted by Gasteiger charge is -2.27. The average molecular weight is 487 g/mol. The van der Waals surface area contributed by atoms with E-state index < -0.39 is 0 Å². The molecule has 1 aliphatic heterocycles. The van der Waals surface area contributed by atoms with Gasteiger partial charge in [0, 0.05) is 30.7 Å². The molecule has 3 aromatic rings. The monoisotopic (exact) mass is 486 g/mol. The van der Waals surface area contributed by atoms with Crippen molar-refractivity contribution in [3.05, 3.63) is 75.5 Å². The summed E-state index contributed by atoms with van der Waals surface area (Å²) in [7, 11) is 1.70. The van der Waals surface area contributed by atoms with E-state index in [-0.39, 0.29) is 18.4 Å². The number of nitrogens with one attached hydrogen (secondary N) is 1. The van der Waals surface area contributed by atoms with E-state index in [1.165, 1.54) is 10.9 Å². The molecule has 172 valence electrons. The van der Waals surface area contributed by atoms with Gasteiger partial charge in [0.25, 0.3) is 11.8 Å². The minimum Gasteiger partial charge on any atom is -0.487 e. The maximum atomic E-state index is 13.0. The molecule has 1 aliphatic rings. The largest absolute Gasteiger partial charge is 0.487 e. The normalized spacial score (nSPS) is 13.6. The fraction of sp³-hybridized carbons (Fsp3) is 0.292. The van der Waals surface area contributed by atoms with E-state index in [1.807, 2.05) is 11.0 Å². The van der Waals surface area contributed by atoms with E-state index in [1.54, 1.807) is 43.4 Å². The molecule has 0 radical (unpaired) electrons. The topological polar surface area (TPSA) is 76.5 Å². The van der Waals surface area contributed by atoms with Crippen LogP contribution in [0.3, 0.4) is 0 Å². The average Bonchev–Trinajstić information content (AvgIpc) is 3.18. The first-order valence-electron chi connectivity index (χ1n) is 10.7. The van der Waals surface area contributed by atoms with Gasteiger partial charge in [-0.05, 0) is 55.2 Å². The third-order valence-electron chi connectivity index (χ3n) is 5.51. The molecule has 1 saturated heterocycles. The van der Waals surface area contributed by atoms with Crippen molar-refractivity contribution in [2.45, 2.75) is 25.9 Å². The second kappa shape index (κ2) is 10.3. The number of aromatic nitrogens is 2. The summed E-state index contributed by atoms with van der Waals surface area (Å²) in [6, 6.07) is 12.1. The van der Waals surface area contributed by atoms with Gasteiger partial charge in [-0.1, -0.05) is 35.3 Å². The summed E-state index contributed by atoms with van der Waals surface area (Å²) in [5.41, 5.74) is 2.01. The number of hydrogen-bond donors (Lipinski definition) is 1. The van der Waals surface area contributed by atoms with Crippen molar-refractivity contribution in [3.8, 4) is 5.75 Å². The molecule has 2 aromatic carbocycles. The van der Waals surface area contributed by atoms with E-state index >= 15 is 0 Å². The van der Waals surface area contributed by atoms with Gasteiger partial charge in [0.15, 0.2) is 0 Å². The van der Waals surface area contributed by atoms with Gasteiger partial charge in [0.1, 0.15) is 18.1 Å². The van der Waals surface area contributed by atoms with Gasteiger partial charge in [0.2, 0.25) is 0 Å². The van der Waals surface area contributed by atoms with Crippen molar-refractivity contribution < 1.29 is 14.3 Å². The molecule has 1 fully saturated rings. The minimum absolute atomic E-state index is 0.119. The van der Waals surface area contributed by atoms with Crippen molar-refractivity contribution in [2.75, 3.05) is 18.4 Å². The zero-order valence-electron chi connectivity index (χ0n) is 18.2. The summed E-state index contributed by atoms with van der Waals surface area (Å²) in [6.45, 7) is 1.67. The summed E-state index contributed by atoms with van der Waals surface area (Å²) in [6.07, 6.45) is 4.61. The number of carbonyl (C=O) groups is 2. The Kier molecular flexibility index (Phi) is 7.20. The lowest BCUT2D eigenvalue weighted by molar-refractivity contribution is 0.0714. The SMILES string of the molecule is Cn1ncc(NC(=O)c2cccc(COc3ccc(Cl)cc3Cl)c2)c1C(=O)N1CCCCC1. The molecule has 0 aliphatic carbocycles. The molecular weight excluding hydrogens is 463 g/mol. The van der Waals surface area contributed by atoms with Gasteiger partial charge < -0.3 is 15.0 Å². The standard InChI is InChI=1S/C24H24Cl2N4O3/c1-29-22(24(32)30-10-3-2-4-11-30)20(14-27-29)28-23(31)17-7-5-6-16(12-17)15-33-21-9-8-18(25)13-19(21)26/h5-9,12-14H,2-4,10-11,15H2,1H3,(H,28,31). The summed E-state index contributed by atoms with van der Waals surface area (Å²) in [5.74, 6) is 0.0567. The molecule has 2 amide bonds. The Morgan fingerprint density at radius 1 is 1.09 bits per heavy atom. The summed E-state index contributed by atoms with van der Waals surface area (Å²) >= 11 is 12.1. The fourth-order valence-corrected chi connectivity index (χ4v) is 4.24. The first-order valence-corrected chi connectivity index (χ1v) is 11.5. The van der Waals surface area contributed by atoms with Crippen LogP contribution in [0, 0.1) is 0 Å². The Bertz CT molecular complexity index is 1170. The molecule has 2 heterocycles. The van der Waals surface area contributed by atoms with E-state index in [0.717, 1.165) is 37.9 Å². The van der Waals surface area contributed by atoms with Crippen LogP contribution < -0.4 is 10.1 Å². The molecule has 0 atom stereocenters. The number of likely N-dealkylation sites (tertiary alicyclic amines) is 1. The van der Waals surface area contributed by atoms with E-state index in [0.29, 0.717) is 32.7 Å². The van der Waals surface area contributed by atoms with Crippen molar-refractivity contribution in [3.63, 3.8) is 0 Å². The van der Waals surface area contributed by atoms with Crippen molar-refractivity contribution in [1.82, 2.24) is 14.7 Å². The molecule has 0 spiro atoms. The number of rotatable bonds is 6. The number of piperidine rings is 1. The smallest absolute Gasteiger partial charge is 0.274 e. The Labute approximate surface area is 202 Å². The van der Waals surface area contributed by atoms with Gasteiger partial charge in [0.05, 0.1) is 16.9 Å². The van der Waals surface area contributed by atoms with Crippen LogP contribution in [0.25, 0.3) is 0 Å². The maximum Gasteiger partial charge on any atom is 0.274 e. The molecule has 0 bridgehead atoms. The minimum atomic E-state index is -0.331. The van der Waals surface area contributed by atoms with Crippen LogP contribution in [0.4, 0.5) is 5.69 Å². The van der Waals surface area contributed by atoms with Crippen molar-refractivity contribution in [2.24, 2.45) is 7.05 Å². The van der Waals surface area contributed by atoms with Gasteiger partial charge in [-0.15, -0.1) is 0 Å². The molecule has 9 heteroatoms. The van der Waals surface area contributed by atoms with Gasteiger partial charge >= 0.3 is 0 Å².